The number of rotatable bonds is 4. The third-order valence-corrected chi connectivity index (χ3v) is 2.76. The minimum absolute atomic E-state index is 0.0837. The number of methoxy groups -OCH3 is 2. The van der Waals surface area contributed by atoms with Crippen LogP contribution in [0.5, 0.6) is 17.2 Å². The maximum atomic E-state index is 12.2. The number of anilines is 1. The van der Waals surface area contributed by atoms with Crippen molar-refractivity contribution >= 4 is 11.6 Å². The molecule has 0 saturated heterocycles. The second kappa shape index (κ2) is 5.97. The number of amides is 1. The van der Waals surface area contributed by atoms with Gasteiger partial charge in [0.05, 0.1) is 19.8 Å². The van der Waals surface area contributed by atoms with Crippen LogP contribution in [0, 0.1) is 0 Å². The zero-order valence-electron chi connectivity index (χ0n) is 11.2. The summed E-state index contributed by atoms with van der Waals surface area (Å²) in [6.07, 6.45) is 0. The lowest BCUT2D eigenvalue weighted by atomic mass is 10.1. The fraction of sp³-hybridized carbons (Fsp3) is 0.133. The van der Waals surface area contributed by atoms with Gasteiger partial charge in [-0.25, -0.2) is 0 Å². The van der Waals surface area contributed by atoms with Crippen LogP contribution in [0.25, 0.3) is 0 Å². The Bertz CT molecular complexity index is 625. The average molecular weight is 273 g/mol. The lowest BCUT2D eigenvalue weighted by Gasteiger charge is -2.11. The van der Waals surface area contributed by atoms with Crippen molar-refractivity contribution < 1.29 is 19.4 Å². The first kappa shape index (κ1) is 13.7. The van der Waals surface area contributed by atoms with E-state index in [4.69, 9.17) is 9.47 Å². The van der Waals surface area contributed by atoms with Gasteiger partial charge in [0, 0.05) is 11.8 Å². The Morgan fingerprint density at radius 3 is 2.55 bits per heavy atom. The molecule has 0 fully saturated rings. The summed E-state index contributed by atoms with van der Waals surface area (Å²) >= 11 is 0. The second-order valence-corrected chi connectivity index (χ2v) is 4.07. The van der Waals surface area contributed by atoms with E-state index in [1.807, 2.05) is 0 Å². The molecule has 0 unspecified atom stereocenters. The van der Waals surface area contributed by atoms with Crippen LogP contribution in [0.15, 0.2) is 42.5 Å². The van der Waals surface area contributed by atoms with Crippen LogP contribution in [0.3, 0.4) is 0 Å². The van der Waals surface area contributed by atoms with Crippen LogP contribution in [-0.4, -0.2) is 25.2 Å². The maximum absolute atomic E-state index is 12.2. The molecule has 0 aliphatic carbocycles. The summed E-state index contributed by atoms with van der Waals surface area (Å²) < 4.78 is 10.3. The van der Waals surface area contributed by atoms with Crippen molar-refractivity contribution in [1.29, 1.82) is 0 Å². The number of nitrogens with one attached hydrogen (secondary N) is 1. The number of carbonyl (C=O) groups excluding carboxylic acids is 1. The smallest absolute Gasteiger partial charge is 0.259 e. The third kappa shape index (κ3) is 3.00. The Morgan fingerprint density at radius 2 is 1.90 bits per heavy atom. The van der Waals surface area contributed by atoms with E-state index in [9.17, 15) is 9.90 Å². The van der Waals surface area contributed by atoms with Crippen molar-refractivity contribution in [2.24, 2.45) is 0 Å². The highest BCUT2D eigenvalue weighted by Gasteiger charge is 2.14. The van der Waals surface area contributed by atoms with E-state index < -0.39 is 0 Å². The minimum Gasteiger partial charge on any atom is -0.508 e. The summed E-state index contributed by atoms with van der Waals surface area (Å²) in [6, 6.07) is 11.3. The molecule has 2 rings (SSSR count). The van der Waals surface area contributed by atoms with Gasteiger partial charge in [0.15, 0.2) is 0 Å². The lowest BCUT2D eigenvalue weighted by Crippen LogP contribution is -2.13. The van der Waals surface area contributed by atoms with Crippen molar-refractivity contribution in [2.75, 3.05) is 19.5 Å². The van der Waals surface area contributed by atoms with Crippen LogP contribution in [0.4, 0.5) is 5.69 Å². The summed E-state index contributed by atoms with van der Waals surface area (Å²) in [5.74, 6) is 0.752. The topological polar surface area (TPSA) is 67.8 Å². The van der Waals surface area contributed by atoms with Gasteiger partial charge in [-0.1, -0.05) is 6.07 Å². The molecule has 2 aromatic rings. The van der Waals surface area contributed by atoms with Crippen LogP contribution in [0.1, 0.15) is 10.4 Å². The molecule has 5 heteroatoms. The second-order valence-electron chi connectivity index (χ2n) is 4.07. The molecule has 0 aliphatic rings. The van der Waals surface area contributed by atoms with Gasteiger partial charge in [0.25, 0.3) is 5.91 Å². The van der Waals surface area contributed by atoms with E-state index in [-0.39, 0.29) is 11.7 Å². The normalized spacial score (nSPS) is 9.90. The molecule has 0 bridgehead atoms. The Kier molecular flexibility index (Phi) is 4.10. The van der Waals surface area contributed by atoms with Gasteiger partial charge >= 0.3 is 0 Å². The van der Waals surface area contributed by atoms with Crippen LogP contribution in [-0.2, 0) is 0 Å². The number of hydrogen-bond acceptors (Lipinski definition) is 4. The molecule has 104 valence electrons. The van der Waals surface area contributed by atoms with Gasteiger partial charge in [-0.3, -0.25) is 4.79 Å². The zero-order chi connectivity index (χ0) is 14.5. The predicted octanol–water partition coefficient (Wildman–Crippen LogP) is 2.66. The first-order valence-electron chi connectivity index (χ1n) is 5.96. The molecule has 0 atom stereocenters. The molecule has 0 aliphatic heterocycles. The quantitative estimate of drug-likeness (QED) is 0.898. The SMILES string of the molecule is COc1ccc(OC)c(C(=O)Nc2cccc(O)c2)c1. The molecule has 5 nitrogen and oxygen atoms in total. The summed E-state index contributed by atoms with van der Waals surface area (Å²) in [5.41, 5.74) is 0.857. The molecule has 2 aromatic carbocycles. The molecule has 0 saturated carbocycles. The Morgan fingerprint density at radius 1 is 1.10 bits per heavy atom. The van der Waals surface area contributed by atoms with Crippen LogP contribution < -0.4 is 14.8 Å². The van der Waals surface area contributed by atoms with Crippen molar-refractivity contribution in [3.05, 3.63) is 48.0 Å². The number of hydrogen-bond donors (Lipinski definition) is 2. The highest BCUT2D eigenvalue weighted by molar-refractivity contribution is 6.06. The molecule has 0 radical (unpaired) electrons. The van der Waals surface area contributed by atoms with Crippen molar-refractivity contribution in [3.8, 4) is 17.2 Å². The fourth-order valence-electron chi connectivity index (χ4n) is 1.77. The van der Waals surface area contributed by atoms with E-state index in [1.165, 1.54) is 26.4 Å². The Labute approximate surface area is 116 Å². The first-order valence-corrected chi connectivity index (χ1v) is 5.96. The van der Waals surface area contributed by atoms with Crippen molar-refractivity contribution in [3.63, 3.8) is 0 Å². The number of ether oxygens (including phenoxy) is 2. The van der Waals surface area contributed by atoms with Crippen LogP contribution >= 0.6 is 0 Å². The lowest BCUT2D eigenvalue weighted by molar-refractivity contribution is 0.102. The van der Waals surface area contributed by atoms with Crippen molar-refractivity contribution in [1.82, 2.24) is 0 Å². The molecule has 1 amide bonds. The molecule has 2 N–H and O–H groups in total. The van der Waals surface area contributed by atoms with Crippen LogP contribution in [0.2, 0.25) is 0 Å². The molecule has 0 heterocycles. The summed E-state index contributed by atoms with van der Waals surface area (Å²) in [5, 5.41) is 12.1. The standard InChI is InChI=1S/C15H15NO4/c1-19-12-6-7-14(20-2)13(9-12)15(18)16-10-4-3-5-11(17)8-10/h3-9,17H,1-2H3,(H,16,18). The van der Waals surface area contributed by atoms with Gasteiger partial charge < -0.3 is 19.9 Å². The van der Waals surface area contributed by atoms with Gasteiger partial charge in [-0.05, 0) is 30.3 Å². The molecule has 20 heavy (non-hydrogen) atoms. The Hall–Kier alpha value is -2.69. The highest BCUT2D eigenvalue weighted by atomic mass is 16.5. The third-order valence-electron chi connectivity index (χ3n) is 2.76. The van der Waals surface area contributed by atoms with Gasteiger partial charge in [-0.2, -0.15) is 0 Å². The van der Waals surface area contributed by atoms with Gasteiger partial charge in [0.1, 0.15) is 17.2 Å². The van der Waals surface area contributed by atoms with E-state index in [1.54, 1.807) is 30.3 Å². The van der Waals surface area contributed by atoms with E-state index in [0.29, 0.717) is 22.7 Å². The number of aromatic hydroxyl groups is 1. The molecule has 0 spiro atoms. The molecular weight excluding hydrogens is 258 g/mol. The number of phenols is 1. The Balaban J connectivity index is 2.28. The molecular formula is C15H15NO4. The molecule has 0 aromatic heterocycles. The van der Waals surface area contributed by atoms with E-state index >= 15 is 0 Å². The van der Waals surface area contributed by atoms with Gasteiger partial charge in [0.2, 0.25) is 0 Å². The first-order chi connectivity index (χ1) is 9.63. The monoisotopic (exact) mass is 273 g/mol. The maximum Gasteiger partial charge on any atom is 0.259 e. The number of phenolic OH excluding ortho intramolecular Hbond substituents is 1. The predicted molar refractivity (Wildman–Crippen MR) is 75.6 cm³/mol. The summed E-state index contributed by atoms with van der Waals surface area (Å²) in [4.78, 5) is 12.2. The average Bonchev–Trinajstić information content (AvgIpc) is 2.46. The minimum atomic E-state index is -0.341. The van der Waals surface area contributed by atoms with E-state index in [2.05, 4.69) is 5.32 Å². The largest absolute Gasteiger partial charge is 0.508 e. The summed E-state index contributed by atoms with van der Waals surface area (Å²) in [6.45, 7) is 0. The fourth-order valence-corrected chi connectivity index (χ4v) is 1.77. The van der Waals surface area contributed by atoms with E-state index in [0.717, 1.165) is 0 Å². The summed E-state index contributed by atoms with van der Waals surface area (Å²) in [7, 11) is 3.02. The number of carbonyl (C=O) groups is 1. The van der Waals surface area contributed by atoms with Gasteiger partial charge in [-0.15, -0.1) is 0 Å². The van der Waals surface area contributed by atoms with Crippen molar-refractivity contribution in [2.45, 2.75) is 0 Å². The highest BCUT2D eigenvalue weighted by Crippen LogP contribution is 2.25. The number of benzene rings is 2. The zero-order valence-corrected chi connectivity index (χ0v) is 11.2.